The van der Waals surface area contributed by atoms with Gasteiger partial charge in [-0.05, 0) is 38.5 Å². The second kappa shape index (κ2) is 8.23. The molecule has 0 spiro atoms. The Morgan fingerprint density at radius 2 is 1.96 bits per heavy atom. The molecule has 25 heavy (non-hydrogen) atoms. The first-order chi connectivity index (χ1) is 11.8. The van der Waals surface area contributed by atoms with Crippen LogP contribution in [0.5, 0.6) is 0 Å². The van der Waals surface area contributed by atoms with Gasteiger partial charge < -0.3 is 10.1 Å². The second-order valence-electron chi connectivity index (χ2n) is 7.48. The zero-order valence-electron chi connectivity index (χ0n) is 15.4. The van der Waals surface area contributed by atoms with Gasteiger partial charge in [-0.2, -0.15) is 11.8 Å². The Kier molecular flexibility index (Phi) is 6.52. The molecule has 1 unspecified atom stereocenters. The summed E-state index contributed by atoms with van der Waals surface area (Å²) in [4.78, 5) is 24.9. The lowest BCUT2D eigenvalue weighted by molar-refractivity contribution is -0.142. The van der Waals surface area contributed by atoms with Gasteiger partial charge in [-0.3, -0.25) is 14.9 Å². The van der Waals surface area contributed by atoms with E-state index in [2.05, 4.69) is 10.6 Å². The van der Waals surface area contributed by atoms with Crippen molar-refractivity contribution >= 4 is 23.6 Å². The minimum absolute atomic E-state index is 0.00389. The van der Waals surface area contributed by atoms with E-state index in [0.29, 0.717) is 5.75 Å². The van der Waals surface area contributed by atoms with E-state index in [1.165, 1.54) is 7.11 Å². The van der Waals surface area contributed by atoms with Crippen LogP contribution in [0, 0.1) is 0 Å². The van der Waals surface area contributed by atoms with Crippen LogP contribution in [0.1, 0.15) is 45.2 Å². The van der Waals surface area contributed by atoms with E-state index in [9.17, 15) is 9.59 Å². The van der Waals surface area contributed by atoms with Gasteiger partial charge in [0.25, 0.3) is 0 Å². The van der Waals surface area contributed by atoms with Gasteiger partial charge in [0.1, 0.15) is 5.54 Å². The number of rotatable bonds is 6. The van der Waals surface area contributed by atoms with Gasteiger partial charge in [-0.25, -0.2) is 0 Å². The maximum absolute atomic E-state index is 13.0. The molecule has 2 rings (SSSR count). The third kappa shape index (κ3) is 5.47. The van der Waals surface area contributed by atoms with Gasteiger partial charge in [-0.15, -0.1) is 0 Å². The Hall–Kier alpha value is -1.53. The Balaban J connectivity index is 2.26. The number of carbonyl (C=O) groups excluding carboxylic acids is 2. The Labute approximate surface area is 154 Å². The van der Waals surface area contributed by atoms with E-state index in [0.717, 1.165) is 17.7 Å². The van der Waals surface area contributed by atoms with Crippen molar-refractivity contribution in [2.24, 2.45) is 0 Å². The molecule has 138 valence electrons. The minimum Gasteiger partial charge on any atom is -0.469 e. The van der Waals surface area contributed by atoms with Crippen LogP contribution in [-0.4, -0.2) is 41.6 Å². The molecule has 1 aromatic rings. The topological polar surface area (TPSA) is 67.4 Å². The first kappa shape index (κ1) is 19.8. The third-order valence-electron chi connectivity index (χ3n) is 4.20. The number of carbonyl (C=O) groups is 2. The molecule has 1 fully saturated rings. The van der Waals surface area contributed by atoms with Crippen LogP contribution < -0.4 is 10.6 Å². The number of ether oxygens (including phenoxy) is 1. The summed E-state index contributed by atoms with van der Waals surface area (Å²) in [6, 6.07) is 9.49. The van der Waals surface area contributed by atoms with Crippen molar-refractivity contribution in [2.75, 3.05) is 18.6 Å². The number of thioether (sulfide) groups is 1. The number of methoxy groups -OCH3 is 1. The highest BCUT2D eigenvalue weighted by Crippen LogP contribution is 2.32. The molecule has 1 saturated heterocycles. The summed E-state index contributed by atoms with van der Waals surface area (Å²) in [6.45, 7) is 5.93. The summed E-state index contributed by atoms with van der Waals surface area (Å²) in [5.74, 6) is 1.32. The molecule has 1 aromatic carbocycles. The lowest BCUT2D eigenvalue weighted by Crippen LogP contribution is -2.61. The van der Waals surface area contributed by atoms with E-state index in [4.69, 9.17) is 4.74 Å². The highest BCUT2D eigenvalue weighted by atomic mass is 32.2. The average Bonchev–Trinajstić information content (AvgIpc) is 3.03. The summed E-state index contributed by atoms with van der Waals surface area (Å²) in [7, 11) is 1.39. The molecule has 0 bridgehead atoms. The molecule has 1 aliphatic rings. The highest BCUT2D eigenvalue weighted by Gasteiger charge is 2.44. The number of amides is 1. The number of hydrogen-bond acceptors (Lipinski definition) is 5. The van der Waals surface area contributed by atoms with E-state index >= 15 is 0 Å². The van der Waals surface area contributed by atoms with Crippen molar-refractivity contribution < 1.29 is 14.3 Å². The van der Waals surface area contributed by atoms with Gasteiger partial charge in [0.05, 0.1) is 13.5 Å². The normalized spacial score (nSPS) is 21.6. The number of nitrogens with one attached hydrogen (secondary N) is 2. The molecule has 5 nitrogen and oxygen atoms in total. The van der Waals surface area contributed by atoms with Crippen LogP contribution in [0.25, 0.3) is 0 Å². The zero-order valence-corrected chi connectivity index (χ0v) is 16.2. The SMILES string of the molecule is COC(=O)C[C@@H](NC1(C(=O)NC(C)(C)C)CCSC1)c1ccccc1. The average molecular weight is 365 g/mol. The van der Waals surface area contributed by atoms with E-state index in [1.807, 2.05) is 51.1 Å². The summed E-state index contributed by atoms with van der Waals surface area (Å²) in [5, 5.41) is 6.59. The molecule has 1 aliphatic heterocycles. The molecule has 2 N–H and O–H groups in total. The molecule has 6 heteroatoms. The van der Waals surface area contributed by atoms with Gasteiger partial charge in [0, 0.05) is 17.3 Å². The van der Waals surface area contributed by atoms with Crippen molar-refractivity contribution in [3.05, 3.63) is 35.9 Å². The number of benzene rings is 1. The van der Waals surface area contributed by atoms with Gasteiger partial charge in [-0.1, -0.05) is 30.3 Å². The fourth-order valence-electron chi connectivity index (χ4n) is 2.90. The number of hydrogen-bond donors (Lipinski definition) is 2. The highest BCUT2D eigenvalue weighted by molar-refractivity contribution is 7.99. The summed E-state index contributed by atoms with van der Waals surface area (Å²) in [6.07, 6.45) is 0.930. The van der Waals surface area contributed by atoms with Crippen LogP contribution in [-0.2, 0) is 14.3 Å². The summed E-state index contributed by atoms with van der Waals surface area (Å²) < 4.78 is 4.86. The molecule has 2 atom stereocenters. The molecule has 0 aromatic heterocycles. The van der Waals surface area contributed by atoms with Crippen molar-refractivity contribution in [3.63, 3.8) is 0 Å². The molecule has 0 radical (unpaired) electrons. The maximum atomic E-state index is 13.0. The predicted octanol–water partition coefficient (Wildman–Crippen LogP) is 2.67. The zero-order chi connectivity index (χ0) is 18.5. The molecular weight excluding hydrogens is 336 g/mol. The van der Waals surface area contributed by atoms with Gasteiger partial charge in [0.2, 0.25) is 5.91 Å². The van der Waals surface area contributed by atoms with E-state index in [1.54, 1.807) is 11.8 Å². The monoisotopic (exact) mass is 364 g/mol. The largest absolute Gasteiger partial charge is 0.469 e. The molecule has 0 aliphatic carbocycles. The molecule has 0 saturated carbocycles. The predicted molar refractivity (Wildman–Crippen MR) is 102 cm³/mol. The summed E-state index contributed by atoms with van der Waals surface area (Å²) >= 11 is 1.76. The Bertz CT molecular complexity index is 592. The lowest BCUT2D eigenvalue weighted by Gasteiger charge is -2.35. The number of esters is 1. The summed E-state index contributed by atoms with van der Waals surface area (Å²) in [5.41, 5.74) is 0.00328. The van der Waals surface area contributed by atoms with Crippen LogP contribution in [0.15, 0.2) is 30.3 Å². The van der Waals surface area contributed by atoms with Crippen LogP contribution >= 0.6 is 11.8 Å². The standard InChI is InChI=1S/C19H28N2O3S/c1-18(2,3)21-17(23)19(10-11-25-13-19)20-15(12-16(22)24-4)14-8-6-5-7-9-14/h5-9,15,20H,10-13H2,1-4H3,(H,21,23)/t15-,19?/m1/s1. The quantitative estimate of drug-likeness (QED) is 0.760. The molecule has 1 amide bonds. The minimum atomic E-state index is -0.674. The third-order valence-corrected chi connectivity index (χ3v) is 5.39. The van der Waals surface area contributed by atoms with Crippen LogP contribution in [0.3, 0.4) is 0 Å². The first-order valence-electron chi connectivity index (χ1n) is 8.55. The van der Waals surface area contributed by atoms with Crippen molar-refractivity contribution in [3.8, 4) is 0 Å². The fourth-order valence-corrected chi connectivity index (χ4v) is 4.25. The van der Waals surface area contributed by atoms with Gasteiger partial charge >= 0.3 is 5.97 Å². The molecular formula is C19H28N2O3S. The van der Waals surface area contributed by atoms with Crippen molar-refractivity contribution in [1.29, 1.82) is 0 Å². The van der Waals surface area contributed by atoms with Gasteiger partial charge in [0.15, 0.2) is 0 Å². The fraction of sp³-hybridized carbons (Fsp3) is 0.579. The van der Waals surface area contributed by atoms with Crippen LogP contribution in [0.4, 0.5) is 0 Å². The van der Waals surface area contributed by atoms with E-state index in [-0.39, 0.29) is 29.9 Å². The van der Waals surface area contributed by atoms with Crippen molar-refractivity contribution in [2.45, 2.75) is 50.7 Å². The Morgan fingerprint density at radius 1 is 1.28 bits per heavy atom. The van der Waals surface area contributed by atoms with E-state index < -0.39 is 5.54 Å². The molecule has 1 heterocycles. The second-order valence-corrected chi connectivity index (χ2v) is 8.58. The Morgan fingerprint density at radius 3 is 2.48 bits per heavy atom. The smallest absolute Gasteiger partial charge is 0.307 e. The lowest BCUT2D eigenvalue weighted by atomic mass is 9.92. The van der Waals surface area contributed by atoms with Crippen LogP contribution in [0.2, 0.25) is 0 Å². The van der Waals surface area contributed by atoms with Crippen molar-refractivity contribution in [1.82, 2.24) is 10.6 Å². The maximum Gasteiger partial charge on any atom is 0.307 e. The first-order valence-corrected chi connectivity index (χ1v) is 9.71.